The topological polar surface area (TPSA) is 59.2 Å². The van der Waals surface area contributed by atoms with Gasteiger partial charge in [-0.2, -0.15) is 4.98 Å². The molecule has 1 N–H and O–H groups in total. The zero-order chi connectivity index (χ0) is 15.0. The van der Waals surface area contributed by atoms with Crippen LogP contribution in [0, 0.1) is 5.82 Å². The second-order valence-electron chi connectivity index (χ2n) is 4.24. The number of phenols is 1. The number of phenolic OH excluding ortho intramolecular Hbond substituents is 1. The summed E-state index contributed by atoms with van der Waals surface area (Å²) < 4.78 is 18.3. The van der Waals surface area contributed by atoms with Crippen LogP contribution < -0.4 is 0 Å². The molecule has 0 aliphatic rings. The lowest BCUT2D eigenvalue weighted by Crippen LogP contribution is -1.84. The third-order valence-corrected chi connectivity index (χ3v) is 3.17. The Hall–Kier alpha value is -2.11. The number of hydrogen-bond acceptors (Lipinski definition) is 4. The molecule has 2 aromatic carbocycles. The number of rotatable bonds is 2. The van der Waals surface area contributed by atoms with Crippen molar-refractivity contribution in [1.82, 2.24) is 10.1 Å². The number of halogens is 3. The maximum Gasteiger partial charge on any atom is 0.262 e. The standard InChI is InChI=1S/C14H7Cl2FN2O2/c15-8-3-7(4-9(16)5-8)13-18-14(21-19-13)11-6-10(17)1-2-12(11)20/h1-6,20H. The molecule has 0 saturated carbocycles. The first-order chi connectivity index (χ1) is 10.0. The van der Waals surface area contributed by atoms with E-state index in [4.69, 9.17) is 27.7 Å². The molecule has 0 bridgehead atoms. The number of benzene rings is 2. The molecule has 0 fully saturated rings. The molecule has 1 aromatic heterocycles. The first-order valence-electron chi connectivity index (χ1n) is 5.82. The first-order valence-corrected chi connectivity index (χ1v) is 6.57. The zero-order valence-electron chi connectivity index (χ0n) is 10.3. The van der Waals surface area contributed by atoms with Gasteiger partial charge >= 0.3 is 0 Å². The van der Waals surface area contributed by atoms with E-state index in [1.54, 1.807) is 18.2 Å². The van der Waals surface area contributed by atoms with Crippen LogP contribution in [0.15, 0.2) is 40.9 Å². The summed E-state index contributed by atoms with van der Waals surface area (Å²) in [5.74, 6) is -0.444. The molecular formula is C14H7Cl2FN2O2. The van der Waals surface area contributed by atoms with Gasteiger partial charge in [-0.15, -0.1) is 0 Å². The molecule has 0 radical (unpaired) electrons. The quantitative estimate of drug-likeness (QED) is 0.751. The van der Waals surface area contributed by atoms with E-state index in [2.05, 4.69) is 10.1 Å². The van der Waals surface area contributed by atoms with Crippen LogP contribution in [0.2, 0.25) is 10.0 Å². The minimum absolute atomic E-state index is 0.00176. The summed E-state index contributed by atoms with van der Waals surface area (Å²) in [5, 5.41) is 14.4. The normalized spacial score (nSPS) is 10.8. The summed E-state index contributed by atoms with van der Waals surface area (Å²) in [6.45, 7) is 0. The highest BCUT2D eigenvalue weighted by molar-refractivity contribution is 6.35. The Morgan fingerprint density at radius 3 is 2.48 bits per heavy atom. The van der Waals surface area contributed by atoms with Gasteiger partial charge in [0, 0.05) is 15.6 Å². The number of hydrogen-bond donors (Lipinski definition) is 1. The van der Waals surface area contributed by atoms with Crippen LogP contribution in [-0.4, -0.2) is 15.2 Å². The van der Waals surface area contributed by atoms with Crippen molar-refractivity contribution < 1.29 is 14.0 Å². The minimum atomic E-state index is -0.520. The van der Waals surface area contributed by atoms with Crippen molar-refractivity contribution in [3.63, 3.8) is 0 Å². The molecule has 4 nitrogen and oxygen atoms in total. The molecule has 0 unspecified atom stereocenters. The minimum Gasteiger partial charge on any atom is -0.507 e. The molecule has 0 aliphatic heterocycles. The fourth-order valence-corrected chi connectivity index (χ4v) is 2.34. The second-order valence-corrected chi connectivity index (χ2v) is 5.12. The number of aromatic hydroxyl groups is 1. The highest BCUT2D eigenvalue weighted by Gasteiger charge is 2.15. The van der Waals surface area contributed by atoms with Gasteiger partial charge in [0.2, 0.25) is 5.82 Å². The monoisotopic (exact) mass is 324 g/mol. The molecule has 0 saturated heterocycles. The second kappa shape index (κ2) is 5.35. The van der Waals surface area contributed by atoms with E-state index in [9.17, 15) is 9.50 Å². The predicted molar refractivity (Wildman–Crippen MR) is 76.8 cm³/mol. The average Bonchev–Trinajstić information content (AvgIpc) is 2.90. The molecule has 0 spiro atoms. The van der Waals surface area contributed by atoms with E-state index >= 15 is 0 Å². The largest absolute Gasteiger partial charge is 0.507 e. The van der Waals surface area contributed by atoms with E-state index in [0.29, 0.717) is 15.6 Å². The third-order valence-electron chi connectivity index (χ3n) is 2.74. The third kappa shape index (κ3) is 2.84. The summed E-state index contributed by atoms with van der Waals surface area (Å²) >= 11 is 11.8. The average molecular weight is 325 g/mol. The summed E-state index contributed by atoms with van der Waals surface area (Å²) in [4.78, 5) is 4.11. The van der Waals surface area contributed by atoms with E-state index in [-0.39, 0.29) is 23.0 Å². The SMILES string of the molecule is Oc1ccc(F)cc1-c1nc(-c2cc(Cl)cc(Cl)c2)no1. The zero-order valence-corrected chi connectivity index (χ0v) is 11.9. The summed E-state index contributed by atoms with van der Waals surface area (Å²) in [6.07, 6.45) is 0. The van der Waals surface area contributed by atoms with Gasteiger partial charge in [-0.3, -0.25) is 0 Å². The molecule has 21 heavy (non-hydrogen) atoms. The fraction of sp³-hybridized carbons (Fsp3) is 0. The predicted octanol–water partition coefficient (Wildman–Crippen LogP) is 4.56. The van der Waals surface area contributed by atoms with Crippen molar-refractivity contribution in [2.24, 2.45) is 0 Å². The first kappa shape index (κ1) is 13.9. The molecule has 106 valence electrons. The van der Waals surface area contributed by atoms with Crippen LogP contribution in [-0.2, 0) is 0 Å². The highest BCUT2D eigenvalue weighted by atomic mass is 35.5. The number of aromatic nitrogens is 2. The van der Waals surface area contributed by atoms with Crippen molar-refractivity contribution in [3.05, 3.63) is 52.3 Å². The van der Waals surface area contributed by atoms with Gasteiger partial charge in [-0.1, -0.05) is 28.4 Å². The Labute approximate surface area is 128 Å². The molecule has 3 aromatic rings. The van der Waals surface area contributed by atoms with E-state index in [0.717, 1.165) is 12.1 Å². The van der Waals surface area contributed by atoms with Gasteiger partial charge in [-0.05, 0) is 36.4 Å². The van der Waals surface area contributed by atoms with E-state index in [1.165, 1.54) is 6.07 Å². The molecule has 0 amide bonds. The van der Waals surface area contributed by atoms with Gasteiger partial charge in [-0.25, -0.2) is 4.39 Å². The van der Waals surface area contributed by atoms with E-state index < -0.39 is 5.82 Å². The van der Waals surface area contributed by atoms with Gasteiger partial charge < -0.3 is 9.63 Å². The van der Waals surface area contributed by atoms with Crippen molar-refractivity contribution in [2.75, 3.05) is 0 Å². The lowest BCUT2D eigenvalue weighted by molar-refractivity contribution is 0.425. The Morgan fingerprint density at radius 1 is 1.05 bits per heavy atom. The van der Waals surface area contributed by atoms with Crippen LogP contribution in [0.25, 0.3) is 22.8 Å². The molecule has 0 atom stereocenters. The Bertz CT molecular complexity index is 800. The molecular weight excluding hydrogens is 318 g/mol. The Morgan fingerprint density at radius 2 is 1.76 bits per heavy atom. The number of nitrogens with zero attached hydrogens (tertiary/aromatic N) is 2. The summed E-state index contributed by atoms with van der Waals surface area (Å²) in [7, 11) is 0. The lowest BCUT2D eigenvalue weighted by Gasteiger charge is -1.99. The van der Waals surface area contributed by atoms with Crippen LogP contribution in [0.3, 0.4) is 0 Å². The maximum atomic E-state index is 13.2. The summed E-state index contributed by atoms with van der Waals surface area (Å²) in [6, 6.07) is 8.27. The van der Waals surface area contributed by atoms with Gasteiger partial charge in [0.15, 0.2) is 0 Å². The summed E-state index contributed by atoms with van der Waals surface area (Å²) in [5.41, 5.74) is 0.667. The lowest BCUT2D eigenvalue weighted by atomic mass is 10.2. The smallest absolute Gasteiger partial charge is 0.262 e. The highest BCUT2D eigenvalue weighted by Crippen LogP contribution is 2.31. The van der Waals surface area contributed by atoms with Crippen molar-refractivity contribution in [1.29, 1.82) is 0 Å². The molecule has 7 heteroatoms. The van der Waals surface area contributed by atoms with Gasteiger partial charge in [0.25, 0.3) is 5.89 Å². The van der Waals surface area contributed by atoms with Crippen LogP contribution in [0.1, 0.15) is 0 Å². The van der Waals surface area contributed by atoms with Crippen molar-refractivity contribution in [3.8, 4) is 28.6 Å². The van der Waals surface area contributed by atoms with Gasteiger partial charge in [0.05, 0.1) is 5.56 Å². The van der Waals surface area contributed by atoms with Crippen molar-refractivity contribution >= 4 is 23.2 Å². The molecule has 1 heterocycles. The maximum absolute atomic E-state index is 13.2. The van der Waals surface area contributed by atoms with Crippen LogP contribution in [0.4, 0.5) is 4.39 Å². The Balaban J connectivity index is 2.05. The van der Waals surface area contributed by atoms with Crippen LogP contribution in [0.5, 0.6) is 5.75 Å². The fourth-order valence-electron chi connectivity index (χ4n) is 1.81. The van der Waals surface area contributed by atoms with Crippen LogP contribution >= 0.6 is 23.2 Å². The van der Waals surface area contributed by atoms with E-state index in [1.807, 2.05) is 0 Å². The van der Waals surface area contributed by atoms with Gasteiger partial charge in [0.1, 0.15) is 11.6 Å². The molecule has 3 rings (SSSR count). The Kier molecular flexibility index (Phi) is 3.53. The van der Waals surface area contributed by atoms with Crippen molar-refractivity contribution in [2.45, 2.75) is 0 Å². The molecule has 0 aliphatic carbocycles.